The zero-order chi connectivity index (χ0) is 18.3. The number of hydrogen-bond donors (Lipinski definition) is 1. The number of carboxylic acids is 1. The summed E-state index contributed by atoms with van der Waals surface area (Å²) in [4.78, 5) is 29.4. The van der Waals surface area contributed by atoms with Crippen molar-refractivity contribution in [3.8, 4) is 5.69 Å². The van der Waals surface area contributed by atoms with Gasteiger partial charge in [-0.2, -0.15) is 0 Å². The highest BCUT2D eigenvalue weighted by Crippen LogP contribution is 2.29. The molecule has 0 saturated heterocycles. The van der Waals surface area contributed by atoms with Gasteiger partial charge in [0.1, 0.15) is 6.54 Å². The first-order chi connectivity index (χ1) is 12.6. The van der Waals surface area contributed by atoms with Crippen LogP contribution in [-0.2, 0) is 4.79 Å². The Hall–Kier alpha value is -3.29. The molecule has 0 bridgehead atoms. The molecule has 1 aliphatic rings. The molecule has 8 heteroatoms. The number of hydrogen-bond acceptors (Lipinski definition) is 5. The van der Waals surface area contributed by atoms with Gasteiger partial charge in [0.25, 0.3) is 5.91 Å². The maximum Gasteiger partial charge on any atom is 0.323 e. The predicted molar refractivity (Wildman–Crippen MR) is 93.1 cm³/mol. The fourth-order valence-electron chi connectivity index (χ4n) is 3.08. The second-order valence-electron chi connectivity index (χ2n) is 6.37. The van der Waals surface area contributed by atoms with E-state index in [1.54, 1.807) is 24.0 Å². The monoisotopic (exact) mass is 351 g/mol. The SMILES string of the molecule is Cc1c(C(=O)N(CC(=O)O)C2CC2)nnn1-c1cccc2cnccc12. The molecule has 1 saturated carbocycles. The van der Waals surface area contributed by atoms with Crippen molar-refractivity contribution in [2.45, 2.75) is 25.8 Å². The van der Waals surface area contributed by atoms with Gasteiger partial charge in [-0.25, -0.2) is 4.68 Å². The number of rotatable bonds is 5. The van der Waals surface area contributed by atoms with Crippen LogP contribution in [0.5, 0.6) is 0 Å². The van der Waals surface area contributed by atoms with Gasteiger partial charge in [-0.1, -0.05) is 17.3 Å². The van der Waals surface area contributed by atoms with E-state index < -0.39 is 5.97 Å². The van der Waals surface area contributed by atoms with Crippen LogP contribution in [0.4, 0.5) is 0 Å². The zero-order valence-electron chi connectivity index (χ0n) is 14.2. The molecular formula is C18H17N5O3. The number of pyridine rings is 1. The highest BCUT2D eigenvalue weighted by Gasteiger charge is 2.36. The number of aliphatic carboxylic acids is 1. The van der Waals surface area contributed by atoms with E-state index in [-0.39, 0.29) is 24.2 Å². The van der Waals surface area contributed by atoms with Crippen molar-refractivity contribution < 1.29 is 14.7 Å². The summed E-state index contributed by atoms with van der Waals surface area (Å²) >= 11 is 0. The lowest BCUT2D eigenvalue weighted by Crippen LogP contribution is -2.38. The minimum Gasteiger partial charge on any atom is -0.480 e. The molecule has 2 aromatic heterocycles. The minimum absolute atomic E-state index is 0.0215. The minimum atomic E-state index is -1.03. The highest BCUT2D eigenvalue weighted by atomic mass is 16.4. The fourth-order valence-corrected chi connectivity index (χ4v) is 3.08. The molecule has 3 aromatic rings. The van der Waals surface area contributed by atoms with Crippen LogP contribution in [0.1, 0.15) is 29.0 Å². The Labute approximate surface area is 149 Å². The van der Waals surface area contributed by atoms with E-state index in [1.807, 2.05) is 24.3 Å². The number of fused-ring (bicyclic) bond motifs is 1. The van der Waals surface area contributed by atoms with Gasteiger partial charge in [0.2, 0.25) is 0 Å². The van der Waals surface area contributed by atoms with E-state index >= 15 is 0 Å². The topological polar surface area (TPSA) is 101 Å². The van der Waals surface area contributed by atoms with Crippen molar-refractivity contribution in [2.75, 3.05) is 6.54 Å². The number of amides is 1. The Bertz CT molecular complexity index is 1000. The van der Waals surface area contributed by atoms with Crippen molar-refractivity contribution in [1.82, 2.24) is 24.9 Å². The first-order valence-electron chi connectivity index (χ1n) is 8.34. The second kappa shape index (κ2) is 6.21. The summed E-state index contributed by atoms with van der Waals surface area (Å²) in [6, 6.07) is 7.60. The van der Waals surface area contributed by atoms with E-state index in [4.69, 9.17) is 5.11 Å². The highest BCUT2D eigenvalue weighted by molar-refractivity contribution is 5.96. The Balaban J connectivity index is 1.74. The molecule has 1 fully saturated rings. The van der Waals surface area contributed by atoms with Crippen LogP contribution in [-0.4, -0.2) is 54.4 Å². The van der Waals surface area contributed by atoms with Gasteiger partial charge in [0.05, 0.1) is 11.4 Å². The van der Waals surface area contributed by atoms with Crippen molar-refractivity contribution in [3.05, 3.63) is 48.0 Å². The number of carboxylic acid groups (broad SMARTS) is 1. The first kappa shape index (κ1) is 16.2. The molecule has 0 unspecified atom stereocenters. The molecule has 2 heterocycles. The molecule has 0 aliphatic heterocycles. The second-order valence-corrected chi connectivity index (χ2v) is 6.37. The number of carbonyl (C=O) groups is 2. The third-order valence-corrected chi connectivity index (χ3v) is 4.54. The summed E-state index contributed by atoms with van der Waals surface area (Å²) in [7, 11) is 0. The normalized spacial score (nSPS) is 13.7. The van der Waals surface area contributed by atoms with Crippen molar-refractivity contribution in [2.24, 2.45) is 0 Å². The summed E-state index contributed by atoms with van der Waals surface area (Å²) in [6.07, 6.45) is 5.11. The lowest BCUT2D eigenvalue weighted by Gasteiger charge is -2.19. The molecule has 26 heavy (non-hydrogen) atoms. The van der Waals surface area contributed by atoms with Crippen molar-refractivity contribution in [3.63, 3.8) is 0 Å². The quantitative estimate of drug-likeness (QED) is 0.752. The molecule has 132 valence electrons. The van der Waals surface area contributed by atoms with Crippen LogP contribution in [0, 0.1) is 6.92 Å². The summed E-state index contributed by atoms with van der Waals surface area (Å²) < 4.78 is 1.61. The molecule has 0 radical (unpaired) electrons. The number of aromatic nitrogens is 4. The smallest absolute Gasteiger partial charge is 0.323 e. The van der Waals surface area contributed by atoms with Crippen LogP contribution in [0.15, 0.2) is 36.7 Å². The van der Waals surface area contributed by atoms with E-state index in [0.29, 0.717) is 5.69 Å². The number of benzene rings is 1. The Morgan fingerprint density at radius 3 is 2.85 bits per heavy atom. The van der Waals surface area contributed by atoms with Crippen molar-refractivity contribution in [1.29, 1.82) is 0 Å². The standard InChI is InChI=1S/C18H17N5O3/c1-11-17(18(26)22(10-16(24)25)13-5-6-13)20-21-23(11)15-4-2-3-12-9-19-8-7-14(12)15/h2-4,7-9,13H,5-6,10H2,1H3,(H,24,25). The van der Waals surface area contributed by atoms with Crippen LogP contribution in [0.3, 0.4) is 0 Å². The van der Waals surface area contributed by atoms with Crippen LogP contribution in [0.2, 0.25) is 0 Å². The van der Waals surface area contributed by atoms with Gasteiger partial charge < -0.3 is 10.0 Å². The van der Waals surface area contributed by atoms with Gasteiger partial charge >= 0.3 is 5.97 Å². The van der Waals surface area contributed by atoms with E-state index in [1.165, 1.54) is 4.90 Å². The van der Waals surface area contributed by atoms with E-state index in [9.17, 15) is 9.59 Å². The Morgan fingerprint density at radius 2 is 2.12 bits per heavy atom. The van der Waals surface area contributed by atoms with Gasteiger partial charge in [0.15, 0.2) is 5.69 Å². The lowest BCUT2D eigenvalue weighted by molar-refractivity contribution is -0.137. The predicted octanol–water partition coefficient (Wildman–Crippen LogP) is 1.81. The van der Waals surface area contributed by atoms with Gasteiger partial charge in [0, 0.05) is 29.2 Å². The maximum atomic E-state index is 12.8. The first-order valence-corrected chi connectivity index (χ1v) is 8.34. The van der Waals surface area contributed by atoms with Gasteiger partial charge in [-0.15, -0.1) is 5.10 Å². The molecular weight excluding hydrogens is 334 g/mol. The molecule has 1 aliphatic carbocycles. The van der Waals surface area contributed by atoms with Crippen LogP contribution in [0.25, 0.3) is 16.5 Å². The summed E-state index contributed by atoms with van der Waals surface area (Å²) in [5, 5.41) is 19.2. The van der Waals surface area contributed by atoms with E-state index in [2.05, 4.69) is 15.3 Å². The van der Waals surface area contributed by atoms with E-state index in [0.717, 1.165) is 29.3 Å². The average molecular weight is 351 g/mol. The number of nitrogens with zero attached hydrogens (tertiary/aromatic N) is 5. The molecule has 0 spiro atoms. The summed E-state index contributed by atoms with van der Waals surface area (Å²) in [5.74, 6) is -1.42. The third kappa shape index (κ3) is 2.79. The molecule has 1 aromatic carbocycles. The molecule has 8 nitrogen and oxygen atoms in total. The number of carbonyl (C=O) groups excluding carboxylic acids is 1. The largest absolute Gasteiger partial charge is 0.480 e. The maximum absolute atomic E-state index is 12.8. The van der Waals surface area contributed by atoms with Crippen LogP contribution >= 0.6 is 0 Å². The van der Waals surface area contributed by atoms with Crippen molar-refractivity contribution >= 4 is 22.6 Å². The molecule has 0 atom stereocenters. The van der Waals surface area contributed by atoms with Gasteiger partial charge in [-0.3, -0.25) is 14.6 Å². The molecule has 1 amide bonds. The summed E-state index contributed by atoms with van der Waals surface area (Å²) in [5.41, 5.74) is 1.56. The Morgan fingerprint density at radius 1 is 1.31 bits per heavy atom. The lowest BCUT2D eigenvalue weighted by atomic mass is 10.1. The average Bonchev–Trinajstić information content (AvgIpc) is 3.41. The Kier molecular flexibility index (Phi) is 3.87. The third-order valence-electron chi connectivity index (χ3n) is 4.54. The summed E-state index contributed by atoms with van der Waals surface area (Å²) in [6.45, 7) is 1.44. The molecule has 4 rings (SSSR count). The fraction of sp³-hybridized carbons (Fsp3) is 0.278. The van der Waals surface area contributed by atoms with Crippen LogP contribution < -0.4 is 0 Å². The molecule has 1 N–H and O–H groups in total. The van der Waals surface area contributed by atoms with Gasteiger partial charge in [-0.05, 0) is 31.9 Å². The zero-order valence-corrected chi connectivity index (χ0v) is 14.2.